The van der Waals surface area contributed by atoms with Gasteiger partial charge in [-0.2, -0.15) is 0 Å². The summed E-state index contributed by atoms with van der Waals surface area (Å²) in [5.41, 5.74) is 1.12. The molecule has 1 aromatic rings. The van der Waals surface area contributed by atoms with E-state index in [0.717, 1.165) is 56.8 Å². The number of nitrogens with one attached hydrogen (secondary N) is 1. The van der Waals surface area contributed by atoms with Gasteiger partial charge in [0.15, 0.2) is 0 Å². The normalized spacial score (nSPS) is 22.1. The molecule has 1 saturated heterocycles. The van der Waals surface area contributed by atoms with Crippen LogP contribution in [0.5, 0.6) is 0 Å². The van der Waals surface area contributed by atoms with Crippen molar-refractivity contribution >= 4 is 11.7 Å². The van der Waals surface area contributed by atoms with Gasteiger partial charge in [0.25, 0.3) is 0 Å². The number of carbonyl (C=O) groups excluding carboxylic acids is 1. The molecule has 2 aliphatic rings. The fraction of sp³-hybridized carbons (Fsp3) is 0.556. The molecule has 1 atom stereocenters. The number of likely N-dealkylation sites (N-methyl/N-ethyl adjacent to an activating group) is 1. The van der Waals surface area contributed by atoms with Gasteiger partial charge in [0.2, 0.25) is 5.91 Å². The molecular weight excluding hydrogens is 288 g/mol. The van der Waals surface area contributed by atoms with Gasteiger partial charge in [-0.1, -0.05) is 12.2 Å². The van der Waals surface area contributed by atoms with Gasteiger partial charge in [-0.25, -0.2) is 4.98 Å². The van der Waals surface area contributed by atoms with Crippen molar-refractivity contribution in [1.82, 2.24) is 15.2 Å². The SMILES string of the molecule is CN1CCN(c2cc(CNC(=O)[C@@H]3CC=CCC3)ccn2)CC1. The lowest BCUT2D eigenvalue weighted by Gasteiger charge is -2.33. The first-order valence-electron chi connectivity index (χ1n) is 8.53. The van der Waals surface area contributed by atoms with Crippen LogP contribution in [-0.4, -0.2) is 49.0 Å². The number of amides is 1. The van der Waals surface area contributed by atoms with Crippen molar-refractivity contribution < 1.29 is 4.79 Å². The van der Waals surface area contributed by atoms with Crippen LogP contribution in [0.1, 0.15) is 24.8 Å². The number of piperazine rings is 1. The Labute approximate surface area is 138 Å². The van der Waals surface area contributed by atoms with E-state index in [4.69, 9.17) is 0 Å². The molecule has 3 rings (SSSR count). The van der Waals surface area contributed by atoms with E-state index in [1.54, 1.807) is 0 Å². The van der Waals surface area contributed by atoms with Gasteiger partial charge in [0.05, 0.1) is 0 Å². The van der Waals surface area contributed by atoms with Gasteiger partial charge in [0.1, 0.15) is 5.82 Å². The van der Waals surface area contributed by atoms with Gasteiger partial charge in [-0.05, 0) is 44.0 Å². The highest BCUT2D eigenvalue weighted by molar-refractivity contribution is 5.79. The van der Waals surface area contributed by atoms with Crippen molar-refractivity contribution in [3.8, 4) is 0 Å². The third kappa shape index (κ3) is 4.32. The summed E-state index contributed by atoms with van der Waals surface area (Å²) in [6.07, 6.45) is 8.97. The molecule has 0 aromatic carbocycles. The number of aromatic nitrogens is 1. The minimum Gasteiger partial charge on any atom is -0.354 e. The van der Waals surface area contributed by atoms with Gasteiger partial charge >= 0.3 is 0 Å². The van der Waals surface area contributed by atoms with Crippen LogP contribution >= 0.6 is 0 Å². The summed E-state index contributed by atoms with van der Waals surface area (Å²) in [6.45, 7) is 4.74. The van der Waals surface area contributed by atoms with Crippen LogP contribution in [-0.2, 0) is 11.3 Å². The molecular formula is C18H26N4O. The summed E-state index contributed by atoms with van der Waals surface area (Å²) in [7, 11) is 2.15. The van der Waals surface area contributed by atoms with Crippen molar-refractivity contribution in [2.24, 2.45) is 5.92 Å². The van der Waals surface area contributed by atoms with Crippen LogP contribution in [0.15, 0.2) is 30.5 Å². The standard InChI is InChI=1S/C18H26N4O/c1-21-9-11-22(12-10-21)17-13-15(7-8-19-17)14-20-18(23)16-5-3-2-4-6-16/h2-3,7-8,13,16H,4-6,9-12,14H2,1H3,(H,20,23)/t16-/m1/s1. The Bertz CT molecular complexity index is 564. The zero-order valence-electron chi connectivity index (χ0n) is 13.9. The quantitative estimate of drug-likeness (QED) is 0.861. The van der Waals surface area contributed by atoms with Crippen LogP contribution in [0.4, 0.5) is 5.82 Å². The Morgan fingerprint density at radius 1 is 1.30 bits per heavy atom. The number of anilines is 1. The molecule has 5 heteroatoms. The summed E-state index contributed by atoms with van der Waals surface area (Å²) < 4.78 is 0. The highest BCUT2D eigenvalue weighted by Gasteiger charge is 2.19. The molecule has 5 nitrogen and oxygen atoms in total. The van der Waals surface area contributed by atoms with E-state index < -0.39 is 0 Å². The second-order valence-corrected chi connectivity index (χ2v) is 6.51. The second-order valence-electron chi connectivity index (χ2n) is 6.51. The molecule has 23 heavy (non-hydrogen) atoms. The Morgan fingerprint density at radius 2 is 2.13 bits per heavy atom. The summed E-state index contributed by atoms with van der Waals surface area (Å²) in [5, 5.41) is 3.08. The fourth-order valence-electron chi connectivity index (χ4n) is 3.14. The van der Waals surface area contributed by atoms with Crippen molar-refractivity contribution in [3.05, 3.63) is 36.0 Å². The minimum absolute atomic E-state index is 0.138. The van der Waals surface area contributed by atoms with Crippen LogP contribution < -0.4 is 10.2 Å². The van der Waals surface area contributed by atoms with E-state index >= 15 is 0 Å². The maximum atomic E-state index is 12.2. The van der Waals surface area contributed by atoms with Gasteiger partial charge in [0, 0.05) is 44.8 Å². The number of nitrogens with zero attached hydrogens (tertiary/aromatic N) is 3. The first-order valence-corrected chi connectivity index (χ1v) is 8.53. The maximum Gasteiger partial charge on any atom is 0.223 e. The summed E-state index contributed by atoms with van der Waals surface area (Å²) in [6, 6.07) is 4.09. The average molecular weight is 314 g/mol. The van der Waals surface area contributed by atoms with E-state index in [0.29, 0.717) is 6.54 Å². The largest absolute Gasteiger partial charge is 0.354 e. The molecule has 1 aliphatic carbocycles. The lowest BCUT2D eigenvalue weighted by molar-refractivity contribution is -0.125. The van der Waals surface area contributed by atoms with Crippen molar-refractivity contribution in [2.45, 2.75) is 25.8 Å². The van der Waals surface area contributed by atoms with Crippen LogP contribution in [0.3, 0.4) is 0 Å². The van der Waals surface area contributed by atoms with E-state index in [1.807, 2.05) is 12.3 Å². The topological polar surface area (TPSA) is 48.5 Å². The van der Waals surface area contributed by atoms with Gasteiger partial charge in [-0.3, -0.25) is 4.79 Å². The fourth-order valence-corrected chi connectivity index (χ4v) is 3.14. The predicted molar refractivity (Wildman–Crippen MR) is 92.3 cm³/mol. The first kappa shape index (κ1) is 16.0. The molecule has 0 unspecified atom stereocenters. The third-order valence-electron chi connectivity index (χ3n) is 4.74. The third-order valence-corrected chi connectivity index (χ3v) is 4.74. The maximum absolute atomic E-state index is 12.2. The molecule has 1 N–H and O–H groups in total. The highest BCUT2D eigenvalue weighted by atomic mass is 16.1. The predicted octanol–water partition coefficient (Wildman–Crippen LogP) is 1.81. The second kappa shape index (κ2) is 7.59. The van der Waals surface area contributed by atoms with Crippen LogP contribution in [0, 0.1) is 5.92 Å². The molecule has 1 aromatic heterocycles. The minimum atomic E-state index is 0.138. The van der Waals surface area contributed by atoms with Crippen molar-refractivity contribution in [2.75, 3.05) is 38.1 Å². The molecule has 0 saturated carbocycles. The van der Waals surface area contributed by atoms with Gasteiger partial charge < -0.3 is 15.1 Å². The summed E-state index contributed by atoms with van der Waals surface area (Å²) in [4.78, 5) is 21.4. The smallest absolute Gasteiger partial charge is 0.223 e. The Balaban J connectivity index is 1.55. The molecule has 2 heterocycles. The molecule has 0 radical (unpaired) electrons. The zero-order chi connectivity index (χ0) is 16.1. The summed E-state index contributed by atoms with van der Waals surface area (Å²) >= 11 is 0. The Hall–Kier alpha value is -1.88. The van der Waals surface area contributed by atoms with E-state index in [9.17, 15) is 4.79 Å². The first-order chi connectivity index (χ1) is 11.2. The van der Waals surface area contributed by atoms with Crippen LogP contribution in [0.25, 0.3) is 0 Å². The molecule has 1 amide bonds. The lowest BCUT2D eigenvalue weighted by Crippen LogP contribution is -2.44. The molecule has 124 valence electrons. The van der Waals surface area contributed by atoms with Gasteiger partial charge in [-0.15, -0.1) is 0 Å². The number of pyridine rings is 1. The number of allylic oxidation sites excluding steroid dienone is 2. The Kier molecular flexibility index (Phi) is 5.28. The average Bonchev–Trinajstić information content (AvgIpc) is 2.61. The number of hydrogen-bond acceptors (Lipinski definition) is 4. The Morgan fingerprint density at radius 3 is 2.87 bits per heavy atom. The lowest BCUT2D eigenvalue weighted by atomic mass is 9.93. The molecule has 1 fully saturated rings. The molecule has 1 aliphatic heterocycles. The van der Waals surface area contributed by atoms with E-state index in [1.165, 1.54) is 0 Å². The van der Waals surface area contributed by atoms with Crippen molar-refractivity contribution in [3.63, 3.8) is 0 Å². The zero-order valence-corrected chi connectivity index (χ0v) is 13.9. The number of carbonyl (C=O) groups is 1. The summed E-state index contributed by atoms with van der Waals surface area (Å²) in [5.74, 6) is 1.33. The highest BCUT2D eigenvalue weighted by Crippen LogP contribution is 2.19. The monoisotopic (exact) mass is 314 g/mol. The molecule has 0 spiro atoms. The number of rotatable bonds is 4. The number of hydrogen-bond donors (Lipinski definition) is 1. The van der Waals surface area contributed by atoms with E-state index in [-0.39, 0.29) is 11.8 Å². The van der Waals surface area contributed by atoms with Crippen LogP contribution in [0.2, 0.25) is 0 Å². The van der Waals surface area contributed by atoms with E-state index in [2.05, 4.69) is 45.4 Å². The molecule has 0 bridgehead atoms. The van der Waals surface area contributed by atoms with Crippen molar-refractivity contribution in [1.29, 1.82) is 0 Å².